The Morgan fingerprint density at radius 2 is 1.89 bits per heavy atom. The maximum atomic E-state index is 9.91. The fourth-order valence-electron chi connectivity index (χ4n) is 2.71. The fraction of sp³-hybridized carbons (Fsp3) is 1.00. The Morgan fingerprint density at radius 1 is 1.22 bits per heavy atom. The van der Waals surface area contributed by atoms with E-state index in [-0.39, 0.29) is 12.2 Å². The van der Waals surface area contributed by atoms with Crippen LogP contribution >= 0.6 is 0 Å². The normalized spacial score (nSPS) is 26.5. The Balaban J connectivity index is 2.12. The van der Waals surface area contributed by atoms with Crippen molar-refractivity contribution in [1.82, 2.24) is 10.2 Å². The molecule has 3 N–H and O–H groups in total. The van der Waals surface area contributed by atoms with Crippen LogP contribution in [-0.2, 0) is 0 Å². The highest BCUT2D eigenvalue weighted by Gasteiger charge is 2.22. The largest absolute Gasteiger partial charge is 0.393 e. The Hall–Kier alpha value is -0.160. The van der Waals surface area contributed by atoms with E-state index in [0.29, 0.717) is 12.5 Å². The minimum absolute atomic E-state index is 0.147. The van der Waals surface area contributed by atoms with Crippen LogP contribution in [0, 0.1) is 5.92 Å². The summed E-state index contributed by atoms with van der Waals surface area (Å²) in [5.41, 5.74) is 0. The van der Waals surface area contributed by atoms with Crippen LogP contribution in [0.25, 0.3) is 0 Å². The lowest BCUT2D eigenvalue weighted by molar-refractivity contribution is 0.0647. The van der Waals surface area contributed by atoms with Gasteiger partial charge in [0.05, 0.1) is 12.2 Å². The molecular weight excluding hydrogens is 228 g/mol. The molecule has 0 aromatic heterocycles. The number of nitrogens with zero attached hydrogens (tertiary/aromatic N) is 1. The summed E-state index contributed by atoms with van der Waals surface area (Å²) in [4.78, 5) is 2.22. The summed E-state index contributed by atoms with van der Waals surface area (Å²) >= 11 is 0. The SMILES string of the molecule is CCN(CC)CC(O)CNCC1CCCCC1O. The van der Waals surface area contributed by atoms with Crippen molar-refractivity contribution in [3.05, 3.63) is 0 Å². The van der Waals surface area contributed by atoms with Crippen molar-refractivity contribution in [2.45, 2.75) is 51.7 Å². The Morgan fingerprint density at radius 3 is 2.50 bits per heavy atom. The lowest BCUT2D eigenvalue weighted by Crippen LogP contribution is -2.41. The third-order valence-corrected chi connectivity index (χ3v) is 4.02. The van der Waals surface area contributed by atoms with Gasteiger partial charge in [0, 0.05) is 19.6 Å². The van der Waals surface area contributed by atoms with Gasteiger partial charge in [-0.2, -0.15) is 0 Å². The number of hydrogen-bond acceptors (Lipinski definition) is 4. The number of aliphatic hydroxyl groups is 2. The van der Waals surface area contributed by atoms with Gasteiger partial charge in [0.1, 0.15) is 0 Å². The van der Waals surface area contributed by atoms with E-state index in [4.69, 9.17) is 0 Å². The van der Waals surface area contributed by atoms with Crippen molar-refractivity contribution in [3.8, 4) is 0 Å². The third-order valence-electron chi connectivity index (χ3n) is 4.02. The van der Waals surface area contributed by atoms with Crippen LogP contribution in [0.15, 0.2) is 0 Å². The van der Waals surface area contributed by atoms with E-state index in [2.05, 4.69) is 24.1 Å². The van der Waals surface area contributed by atoms with Gasteiger partial charge in [-0.15, -0.1) is 0 Å². The van der Waals surface area contributed by atoms with Gasteiger partial charge in [-0.1, -0.05) is 26.7 Å². The summed E-state index contributed by atoms with van der Waals surface area (Å²) in [5.74, 6) is 0.374. The number of aliphatic hydroxyl groups excluding tert-OH is 2. The van der Waals surface area contributed by atoms with Gasteiger partial charge in [0.2, 0.25) is 0 Å². The zero-order chi connectivity index (χ0) is 13.4. The predicted molar refractivity (Wildman–Crippen MR) is 74.6 cm³/mol. The molecule has 0 aromatic carbocycles. The molecule has 0 heterocycles. The first-order valence-corrected chi connectivity index (χ1v) is 7.46. The van der Waals surface area contributed by atoms with Gasteiger partial charge >= 0.3 is 0 Å². The monoisotopic (exact) mass is 258 g/mol. The zero-order valence-electron chi connectivity index (χ0n) is 11.9. The fourth-order valence-corrected chi connectivity index (χ4v) is 2.71. The lowest BCUT2D eigenvalue weighted by atomic mass is 9.86. The van der Waals surface area contributed by atoms with Crippen LogP contribution in [0.2, 0.25) is 0 Å². The quantitative estimate of drug-likeness (QED) is 0.604. The topological polar surface area (TPSA) is 55.7 Å². The average Bonchev–Trinajstić information content (AvgIpc) is 2.38. The molecule has 0 aliphatic heterocycles. The van der Waals surface area contributed by atoms with E-state index < -0.39 is 0 Å². The first kappa shape index (κ1) is 15.9. The highest BCUT2D eigenvalue weighted by Crippen LogP contribution is 2.23. The van der Waals surface area contributed by atoms with Crippen LogP contribution in [0.4, 0.5) is 0 Å². The summed E-state index contributed by atoms with van der Waals surface area (Å²) in [6.07, 6.45) is 3.97. The van der Waals surface area contributed by atoms with E-state index in [0.717, 1.165) is 45.4 Å². The molecule has 1 saturated carbocycles. The predicted octanol–water partition coefficient (Wildman–Crippen LogP) is 0.830. The molecule has 108 valence electrons. The summed E-state index contributed by atoms with van der Waals surface area (Å²) in [6, 6.07) is 0. The molecule has 3 unspecified atom stereocenters. The van der Waals surface area contributed by atoms with E-state index in [9.17, 15) is 10.2 Å². The van der Waals surface area contributed by atoms with Crippen LogP contribution in [-0.4, -0.2) is 60.0 Å². The molecule has 1 fully saturated rings. The first-order valence-electron chi connectivity index (χ1n) is 7.46. The van der Waals surface area contributed by atoms with Crippen LogP contribution in [0.1, 0.15) is 39.5 Å². The molecule has 0 spiro atoms. The summed E-state index contributed by atoms with van der Waals surface area (Å²) in [5, 5.41) is 23.1. The zero-order valence-corrected chi connectivity index (χ0v) is 11.9. The number of hydrogen-bond donors (Lipinski definition) is 3. The second-order valence-electron chi connectivity index (χ2n) is 5.41. The second-order valence-corrected chi connectivity index (χ2v) is 5.41. The molecule has 18 heavy (non-hydrogen) atoms. The molecule has 1 aliphatic rings. The molecule has 0 aromatic rings. The number of rotatable bonds is 8. The highest BCUT2D eigenvalue weighted by molar-refractivity contribution is 4.77. The number of nitrogens with one attached hydrogen (secondary N) is 1. The van der Waals surface area contributed by atoms with E-state index in [1.54, 1.807) is 0 Å². The summed E-state index contributed by atoms with van der Waals surface area (Å²) in [6.45, 7) is 8.37. The second kappa shape index (κ2) is 8.86. The Kier molecular flexibility index (Phi) is 7.82. The van der Waals surface area contributed by atoms with Crippen LogP contribution in [0.5, 0.6) is 0 Å². The molecule has 1 aliphatic carbocycles. The van der Waals surface area contributed by atoms with Crippen molar-refractivity contribution in [3.63, 3.8) is 0 Å². The van der Waals surface area contributed by atoms with Gasteiger partial charge in [0.15, 0.2) is 0 Å². The summed E-state index contributed by atoms with van der Waals surface area (Å²) in [7, 11) is 0. The first-order chi connectivity index (χ1) is 8.67. The van der Waals surface area contributed by atoms with E-state index in [1.807, 2.05) is 0 Å². The molecule has 4 heteroatoms. The third kappa shape index (κ3) is 5.65. The maximum absolute atomic E-state index is 9.91. The molecule has 3 atom stereocenters. The molecule has 1 rings (SSSR count). The van der Waals surface area contributed by atoms with Gasteiger partial charge in [-0.25, -0.2) is 0 Å². The highest BCUT2D eigenvalue weighted by atomic mass is 16.3. The van der Waals surface area contributed by atoms with Crippen molar-refractivity contribution in [2.24, 2.45) is 5.92 Å². The Labute approximate surface area is 111 Å². The standard InChI is InChI=1S/C14H30N2O2/c1-3-16(4-2)11-13(17)10-15-9-12-7-5-6-8-14(12)18/h12-15,17-18H,3-11H2,1-2H3. The summed E-state index contributed by atoms with van der Waals surface area (Å²) < 4.78 is 0. The molecular formula is C14H30N2O2. The average molecular weight is 258 g/mol. The minimum Gasteiger partial charge on any atom is -0.393 e. The lowest BCUT2D eigenvalue weighted by Gasteiger charge is -2.28. The Bertz CT molecular complexity index is 210. The smallest absolute Gasteiger partial charge is 0.0791 e. The van der Waals surface area contributed by atoms with Crippen LogP contribution < -0.4 is 5.32 Å². The molecule has 0 saturated heterocycles. The van der Waals surface area contributed by atoms with Crippen LogP contribution in [0.3, 0.4) is 0 Å². The maximum Gasteiger partial charge on any atom is 0.0791 e. The van der Waals surface area contributed by atoms with E-state index >= 15 is 0 Å². The molecule has 0 amide bonds. The minimum atomic E-state index is -0.314. The molecule has 0 bridgehead atoms. The van der Waals surface area contributed by atoms with Gasteiger partial charge < -0.3 is 20.4 Å². The van der Waals surface area contributed by atoms with Crippen molar-refractivity contribution < 1.29 is 10.2 Å². The molecule has 0 radical (unpaired) electrons. The molecule has 4 nitrogen and oxygen atoms in total. The van der Waals surface area contributed by atoms with Crippen molar-refractivity contribution in [1.29, 1.82) is 0 Å². The van der Waals surface area contributed by atoms with Gasteiger partial charge in [0.25, 0.3) is 0 Å². The number of likely N-dealkylation sites (N-methyl/N-ethyl adjacent to an activating group) is 1. The van der Waals surface area contributed by atoms with Gasteiger partial charge in [-0.05, 0) is 31.8 Å². The van der Waals surface area contributed by atoms with Crippen molar-refractivity contribution >= 4 is 0 Å². The van der Waals surface area contributed by atoms with Gasteiger partial charge in [-0.3, -0.25) is 0 Å². The van der Waals surface area contributed by atoms with Crippen molar-refractivity contribution in [2.75, 3.05) is 32.7 Å². The van der Waals surface area contributed by atoms with E-state index in [1.165, 1.54) is 6.42 Å².